The molecular weight excluding hydrogens is 233 g/mol. The first-order chi connectivity index (χ1) is 7.57. The molecule has 0 bridgehead atoms. The third-order valence-corrected chi connectivity index (χ3v) is 3.65. The van der Waals surface area contributed by atoms with E-state index in [0.29, 0.717) is 19.0 Å². The van der Waals surface area contributed by atoms with Crippen LogP contribution in [0, 0.1) is 11.8 Å². The van der Waals surface area contributed by atoms with E-state index < -0.39 is 17.6 Å². The molecule has 0 aliphatic carbocycles. The van der Waals surface area contributed by atoms with Gasteiger partial charge in [0.1, 0.15) is 0 Å². The molecule has 100 valence electrons. The zero-order valence-corrected chi connectivity index (χ0v) is 10.3. The van der Waals surface area contributed by atoms with Gasteiger partial charge >= 0.3 is 6.18 Å². The van der Waals surface area contributed by atoms with Crippen molar-refractivity contribution in [2.75, 3.05) is 13.1 Å². The van der Waals surface area contributed by atoms with Crippen LogP contribution in [0.25, 0.3) is 0 Å². The van der Waals surface area contributed by atoms with Gasteiger partial charge in [0.05, 0.1) is 0 Å². The number of carbonyl (C=O) groups is 1. The Balaban J connectivity index is 2.78. The molecule has 2 N–H and O–H groups in total. The van der Waals surface area contributed by atoms with Crippen molar-refractivity contribution in [2.45, 2.75) is 38.9 Å². The van der Waals surface area contributed by atoms with Crippen LogP contribution in [0.15, 0.2) is 0 Å². The molecule has 6 heteroatoms. The number of piperidine rings is 1. The predicted octanol–water partition coefficient (Wildman–Crippen LogP) is 1.77. The monoisotopic (exact) mass is 252 g/mol. The minimum Gasteiger partial charge on any atom is -0.341 e. The highest BCUT2D eigenvalue weighted by Gasteiger charge is 2.55. The number of nitrogens with two attached hydrogens (primary N) is 1. The molecule has 3 unspecified atom stereocenters. The lowest BCUT2D eigenvalue weighted by atomic mass is 9.87. The third kappa shape index (κ3) is 2.73. The van der Waals surface area contributed by atoms with Gasteiger partial charge in [-0.15, -0.1) is 0 Å². The Bertz CT molecular complexity index is 302. The summed E-state index contributed by atoms with van der Waals surface area (Å²) in [4.78, 5) is 13.0. The molecule has 1 amide bonds. The summed E-state index contributed by atoms with van der Waals surface area (Å²) in [7, 11) is 0. The average Bonchev–Trinajstić information content (AvgIpc) is 2.19. The molecule has 0 aromatic rings. The first kappa shape index (κ1) is 14.3. The van der Waals surface area contributed by atoms with Crippen molar-refractivity contribution in [3.63, 3.8) is 0 Å². The lowest BCUT2D eigenvalue weighted by Gasteiger charge is -2.39. The van der Waals surface area contributed by atoms with E-state index in [-0.39, 0.29) is 5.92 Å². The standard InChI is InChI=1S/C11H19F3N2O/c1-7-4-5-16(6-8(7)2)9(17)10(3,15)11(12,13)14/h7-8H,4-6,15H2,1-3H3. The number of nitrogens with zero attached hydrogens (tertiary/aromatic N) is 1. The predicted molar refractivity (Wildman–Crippen MR) is 58.2 cm³/mol. The highest BCUT2D eigenvalue weighted by Crippen LogP contribution is 2.31. The molecular formula is C11H19F3N2O. The molecule has 0 aromatic heterocycles. The molecule has 1 saturated heterocycles. The highest BCUT2D eigenvalue weighted by atomic mass is 19.4. The van der Waals surface area contributed by atoms with Crippen molar-refractivity contribution in [2.24, 2.45) is 17.6 Å². The van der Waals surface area contributed by atoms with Gasteiger partial charge in [-0.2, -0.15) is 13.2 Å². The Labute approximate surface area is 99.1 Å². The number of halogens is 3. The molecule has 1 heterocycles. The topological polar surface area (TPSA) is 46.3 Å². The number of likely N-dealkylation sites (tertiary alicyclic amines) is 1. The summed E-state index contributed by atoms with van der Waals surface area (Å²) < 4.78 is 37.9. The fourth-order valence-corrected chi connectivity index (χ4v) is 1.90. The summed E-state index contributed by atoms with van der Waals surface area (Å²) in [5.41, 5.74) is 2.35. The Morgan fingerprint density at radius 1 is 1.29 bits per heavy atom. The summed E-state index contributed by atoms with van der Waals surface area (Å²) in [6.45, 7) is 5.41. The minimum atomic E-state index is -4.71. The van der Waals surface area contributed by atoms with Gasteiger partial charge in [-0.05, 0) is 25.2 Å². The van der Waals surface area contributed by atoms with E-state index in [0.717, 1.165) is 13.3 Å². The Kier molecular flexibility index (Phi) is 3.76. The molecule has 3 nitrogen and oxygen atoms in total. The van der Waals surface area contributed by atoms with Crippen LogP contribution in [0.5, 0.6) is 0 Å². The van der Waals surface area contributed by atoms with Gasteiger partial charge in [0.2, 0.25) is 0 Å². The van der Waals surface area contributed by atoms with Crippen molar-refractivity contribution in [1.29, 1.82) is 0 Å². The van der Waals surface area contributed by atoms with Crippen molar-refractivity contribution < 1.29 is 18.0 Å². The summed E-state index contributed by atoms with van der Waals surface area (Å²) in [6.07, 6.45) is -3.99. The van der Waals surface area contributed by atoms with Crippen LogP contribution < -0.4 is 5.73 Å². The van der Waals surface area contributed by atoms with Gasteiger partial charge in [0.25, 0.3) is 5.91 Å². The van der Waals surface area contributed by atoms with Crippen molar-refractivity contribution in [1.82, 2.24) is 4.90 Å². The Morgan fingerprint density at radius 2 is 1.82 bits per heavy atom. The number of rotatable bonds is 1. The summed E-state index contributed by atoms with van der Waals surface area (Å²) in [5, 5.41) is 0. The zero-order chi connectivity index (χ0) is 13.4. The van der Waals surface area contributed by atoms with Crippen LogP contribution in [-0.4, -0.2) is 35.6 Å². The smallest absolute Gasteiger partial charge is 0.341 e. The van der Waals surface area contributed by atoms with E-state index in [1.807, 2.05) is 13.8 Å². The summed E-state index contributed by atoms with van der Waals surface area (Å²) in [5.74, 6) is -0.394. The second-order valence-corrected chi connectivity index (χ2v) is 5.19. The molecule has 0 saturated carbocycles. The molecule has 1 aliphatic rings. The first-order valence-electron chi connectivity index (χ1n) is 5.72. The quantitative estimate of drug-likeness (QED) is 0.773. The van der Waals surface area contributed by atoms with Crippen LogP contribution in [0.4, 0.5) is 13.2 Å². The fourth-order valence-electron chi connectivity index (χ4n) is 1.90. The summed E-state index contributed by atoms with van der Waals surface area (Å²) >= 11 is 0. The van der Waals surface area contributed by atoms with Crippen LogP contribution in [-0.2, 0) is 4.79 Å². The van der Waals surface area contributed by atoms with Gasteiger partial charge in [-0.3, -0.25) is 4.79 Å². The van der Waals surface area contributed by atoms with Crippen LogP contribution >= 0.6 is 0 Å². The maximum absolute atomic E-state index is 12.6. The Morgan fingerprint density at radius 3 is 2.24 bits per heavy atom. The second-order valence-electron chi connectivity index (χ2n) is 5.19. The number of hydrogen-bond acceptors (Lipinski definition) is 2. The van der Waals surface area contributed by atoms with Gasteiger partial charge in [-0.1, -0.05) is 13.8 Å². The van der Waals surface area contributed by atoms with Crippen molar-refractivity contribution in [3.8, 4) is 0 Å². The average molecular weight is 252 g/mol. The molecule has 0 radical (unpaired) electrons. The minimum absolute atomic E-state index is 0.205. The second kappa shape index (κ2) is 4.48. The SMILES string of the molecule is CC1CCN(C(=O)C(C)(N)C(F)(F)F)CC1C. The van der Waals surface area contributed by atoms with Gasteiger partial charge in [0, 0.05) is 13.1 Å². The lowest BCUT2D eigenvalue weighted by Crippen LogP contribution is -2.63. The first-order valence-corrected chi connectivity index (χ1v) is 5.72. The number of hydrogen-bond donors (Lipinski definition) is 1. The zero-order valence-electron chi connectivity index (χ0n) is 10.3. The van der Waals surface area contributed by atoms with Crippen LogP contribution in [0.2, 0.25) is 0 Å². The maximum Gasteiger partial charge on any atom is 0.415 e. The van der Waals surface area contributed by atoms with Gasteiger partial charge in [0.15, 0.2) is 5.54 Å². The largest absolute Gasteiger partial charge is 0.415 e. The van der Waals surface area contributed by atoms with E-state index in [2.05, 4.69) is 0 Å². The Hall–Kier alpha value is -0.780. The lowest BCUT2D eigenvalue weighted by molar-refractivity contribution is -0.194. The fraction of sp³-hybridized carbons (Fsp3) is 0.909. The van der Waals surface area contributed by atoms with Crippen LogP contribution in [0.1, 0.15) is 27.2 Å². The van der Waals surface area contributed by atoms with E-state index in [9.17, 15) is 18.0 Å². The molecule has 0 spiro atoms. The van der Waals surface area contributed by atoms with Crippen molar-refractivity contribution >= 4 is 5.91 Å². The normalized spacial score (nSPS) is 29.9. The maximum atomic E-state index is 12.6. The molecule has 3 atom stereocenters. The molecule has 1 aliphatic heterocycles. The van der Waals surface area contributed by atoms with Crippen LogP contribution in [0.3, 0.4) is 0 Å². The summed E-state index contributed by atoms with van der Waals surface area (Å²) in [6, 6.07) is 0. The van der Waals surface area contributed by atoms with E-state index in [1.54, 1.807) is 0 Å². The van der Waals surface area contributed by atoms with Gasteiger partial charge in [-0.25, -0.2) is 0 Å². The molecule has 1 fully saturated rings. The number of alkyl halides is 3. The molecule has 1 rings (SSSR count). The van der Waals surface area contributed by atoms with E-state index in [1.165, 1.54) is 4.90 Å². The van der Waals surface area contributed by atoms with Crippen molar-refractivity contribution in [3.05, 3.63) is 0 Å². The highest BCUT2D eigenvalue weighted by molar-refractivity contribution is 5.86. The molecule has 0 aromatic carbocycles. The van der Waals surface area contributed by atoms with E-state index >= 15 is 0 Å². The molecule has 17 heavy (non-hydrogen) atoms. The number of amides is 1. The van der Waals surface area contributed by atoms with Gasteiger partial charge < -0.3 is 10.6 Å². The number of carbonyl (C=O) groups excluding carboxylic acids is 1. The third-order valence-electron chi connectivity index (χ3n) is 3.65. The van der Waals surface area contributed by atoms with E-state index in [4.69, 9.17) is 5.73 Å².